The van der Waals surface area contributed by atoms with Crippen LogP contribution in [0.1, 0.15) is 25.0 Å². The monoisotopic (exact) mass is 375 g/mol. The zero-order valence-electron chi connectivity index (χ0n) is 15.4. The van der Waals surface area contributed by atoms with Crippen molar-refractivity contribution < 1.29 is 9.84 Å². The van der Waals surface area contributed by atoms with Crippen molar-refractivity contribution in [1.29, 1.82) is 0 Å². The molecule has 0 aromatic heterocycles. The Balaban J connectivity index is 2.07. The number of rotatable bonds is 7. The summed E-state index contributed by atoms with van der Waals surface area (Å²) in [5, 5.41) is 17.7. The highest BCUT2D eigenvalue weighted by atomic mass is 35.5. The molecule has 26 heavy (non-hydrogen) atoms. The Labute approximate surface area is 160 Å². The molecule has 0 radical (unpaired) electrons. The molecule has 0 heterocycles. The second-order valence-electron chi connectivity index (χ2n) is 6.14. The fourth-order valence-corrected chi connectivity index (χ4v) is 2.67. The van der Waals surface area contributed by atoms with Crippen LogP contribution in [-0.2, 0) is 12.1 Å². The van der Waals surface area contributed by atoms with Gasteiger partial charge in [-0.1, -0.05) is 48.0 Å². The van der Waals surface area contributed by atoms with E-state index in [2.05, 4.69) is 15.6 Å². The van der Waals surface area contributed by atoms with E-state index in [1.807, 2.05) is 49.4 Å². The van der Waals surface area contributed by atoms with Crippen LogP contribution in [-0.4, -0.2) is 31.3 Å². The summed E-state index contributed by atoms with van der Waals surface area (Å²) >= 11 is 6.00. The summed E-state index contributed by atoms with van der Waals surface area (Å²) in [6.07, 6.45) is 0. The van der Waals surface area contributed by atoms with Gasteiger partial charge < -0.3 is 20.5 Å². The van der Waals surface area contributed by atoms with E-state index in [-0.39, 0.29) is 0 Å². The van der Waals surface area contributed by atoms with Gasteiger partial charge in [-0.25, -0.2) is 4.99 Å². The summed E-state index contributed by atoms with van der Waals surface area (Å²) in [5.41, 5.74) is 0.779. The van der Waals surface area contributed by atoms with Gasteiger partial charge >= 0.3 is 0 Å². The predicted molar refractivity (Wildman–Crippen MR) is 107 cm³/mol. The average molecular weight is 376 g/mol. The van der Waals surface area contributed by atoms with Gasteiger partial charge in [-0.05, 0) is 31.5 Å². The van der Waals surface area contributed by atoms with E-state index in [4.69, 9.17) is 16.3 Å². The molecule has 2 rings (SSSR count). The maximum Gasteiger partial charge on any atom is 0.191 e. The van der Waals surface area contributed by atoms with Crippen molar-refractivity contribution in [2.24, 2.45) is 4.99 Å². The fraction of sp³-hybridized carbons (Fsp3) is 0.350. The minimum atomic E-state index is -1.00. The molecule has 0 aliphatic rings. The van der Waals surface area contributed by atoms with Crippen molar-refractivity contribution in [3.63, 3.8) is 0 Å². The molecule has 0 saturated heterocycles. The van der Waals surface area contributed by atoms with E-state index in [0.717, 1.165) is 17.7 Å². The summed E-state index contributed by atoms with van der Waals surface area (Å²) in [4.78, 5) is 4.58. The van der Waals surface area contributed by atoms with Gasteiger partial charge in [0.05, 0.1) is 20.2 Å². The van der Waals surface area contributed by atoms with Gasteiger partial charge in [-0.2, -0.15) is 0 Å². The molecule has 0 aliphatic heterocycles. The lowest BCUT2D eigenvalue weighted by Gasteiger charge is -2.25. The lowest BCUT2D eigenvalue weighted by molar-refractivity contribution is 0.0617. The normalized spacial score (nSPS) is 13.8. The Morgan fingerprint density at radius 3 is 2.58 bits per heavy atom. The number of hydrogen-bond donors (Lipinski definition) is 3. The van der Waals surface area contributed by atoms with Crippen molar-refractivity contribution in [1.82, 2.24) is 10.6 Å². The van der Waals surface area contributed by atoms with Crippen LogP contribution < -0.4 is 15.4 Å². The van der Waals surface area contributed by atoms with E-state index in [0.29, 0.717) is 29.8 Å². The fourth-order valence-electron chi connectivity index (χ4n) is 2.51. The van der Waals surface area contributed by atoms with E-state index >= 15 is 0 Å². The molecule has 140 valence electrons. The van der Waals surface area contributed by atoms with Crippen molar-refractivity contribution in [3.05, 3.63) is 64.7 Å². The van der Waals surface area contributed by atoms with Gasteiger partial charge in [0.2, 0.25) is 0 Å². The van der Waals surface area contributed by atoms with Gasteiger partial charge in [0, 0.05) is 17.1 Å². The summed E-state index contributed by atoms with van der Waals surface area (Å²) in [5.74, 6) is 1.33. The molecule has 3 N–H and O–H groups in total. The summed E-state index contributed by atoms with van der Waals surface area (Å²) < 4.78 is 5.36. The highest BCUT2D eigenvalue weighted by molar-refractivity contribution is 6.30. The van der Waals surface area contributed by atoms with E-state index in [1.54, 1.807) is 20.1 Å². The van der Waals surface area contributed by atoms with Crippen LogP contribution in [0.15, 0.2) is 53.5 Å². The zero-order chi connectivity index (χ0) is 19.0. The first kappa shape index (κ1) is 20.1. The molecule has 2 aromatic carbocycles. The molecule has 6 heteroatoms. The first-order valence-electron chi connectivity index (χ1n) is 8.58. The minimum absolute atomic E-state index is 0.334. The zero-order valence-corrected chi connectivity index (χ0v) is 16.2. The molecule has 0 aliphatic carbocycles. The van der Waals surface area contributed by atoms with Gasteiger partial charge in [-0.3, -0.25) is 0 Å². The largest absolute Gasteiger partial charge is 0.496 e. The number of aliphatic hydroxyl groups is 1. The SMILES string of the molecule is CCNC(=NCc1ccc(Cl)cc1OC)NCC(C)(O)c1ccccc1. The highest BCUT2D eigenvalue weighted by Crippen LogP contribution is 2.23. The lowest BCUT2D eigenvalue weighted by atomic mass is 9.96. The lowest BCUT2D eigenvalue weighted by Crippen LogP contribution is -2.44. The number of halogens is 1. The number of hydrogen-bond acceptors (Lipinski definition) is 3. The molecule has 1 atom stereocenters. The van der Waals surface area contributed by atoms with E-state index < -0.39 is 5.60 Å². The molecule has 2 aromatic rings. The number of guanidine groups is 1. The van der Waals surface area contributed by atoms with Crippen LogP contribution in [0, 0.1) is 0 Å². The maximum absolute atomic E-state index is 10.7. The number of benzene rings is 2. The first-order chi connectivity index (χ1) is 12.5. The van der Waals surface area contributed by atoms with E-state index in [1.165, 1.54) is 0 Å². The van der Waals surface area contributed by atoms with Crippen LogP contribution in [0.4, 0.5) is 0 Å². The number of methoxy groups -OCH3 is 1. The molecule has 0 spiro atoms. The molecule has 0 saturated carbocycles. The Hall–Kier alpha value is -2.24. The Kier molecular flexibility index (Phi) is 7.30. The molecule has 0 amide bonds. The maximum atomic E-state index is 10.7. The Bertz CT molecular complexity index is 733. The highest BCUT2D eigenvalue weighted by Gasteiger charge is 2.22. The van der Waals surface area contributed by atoms with Crippen LogP contribution in [0.25, 0.3) is 0 Å². The Morgan fingerprint density at radius 2 is 1.92 bits per heavy atom. The average Bonchev–Trinajstić information content (AvgIpc) is 2.65. The standard InChI is InChI=1S/C20H26ClN3O2/c1-4-22-19(23-13-15-10-11-17(21)12-18(15)26-3)24-14-20(2,25)16-8-6-5-7-9-16/h5-12,25H,4,13-14H2,1-3H3,(H2,22,23,24). The number of nitrogens with zero attached hydrogens (tertiary/aromatic N) is 1. The second-order valence-corrected chi connectivity index (χ2v) is 6.58. The molecular formula is C20H26ClN3O2. The van der Waals surface area contributed by atoms with Crippen LogP contribution in [0.3, 0.4) is 0 Å². The molecule has 0 bridgehead atoms. The molecular weight excluding hydrogens is 350 g/mol. The summed E-state index contributed by atoms with van der Waals surface area (Å²) in [6, 6.07) is 15.1. The smallest absolute Gasteiger partial charge is 0.191 e. The molecule has 0 fully saturated rings. The minimum Gasteiger partial charge on any atom is -0.496 e. The summed E-state index contributed by atoms with van der Waals surface area (Å²) in [7, 11) is 1.61. The van der Waals surface area contributed by atoms with Gasteiger partial charge in [0.15, 0.2) is 5.96 Å². The van der Waals surface area contributed by atoms with E-state index in [9.17, 15) is 5.11 Å². The van der Waals surface area contributed by atoms with Gasteiger partial charge in [0.25, 0.3) is 0 Å². The van der Waals surface area contributed by atoms with Crippen LogP contribution in [0.2, 0.25) is 5.02 Å². The quantitative estimate of drug-likeness (QED) is 0.513. The number of ether oxygens (including phenoxy) is 1. The van der Waals surface area contributed by atoms with Crippen molar-refractivity contribution in [2.45, 2.75) is 26.0 Å². The van der Waals surface area contributed by atoms with Gasteiger partial charge in [0.1, 0.15) is 11.4 Å². The van der Waals surface area contributed by atoms with Gasteiger partial charge in [-0.15, -0.1) is 0 Å². The second kappa shape index (κ2) is 9.46. The third-order valence-corrected chi connectivity index (χ3v) is 4.23. The molecule has 5 nitrogen and oxygen atoms in total. The third-order valence-electron chi connectivity index (χ3n) is 4.00. The molecule has 1 unspecified atom stereocenters. The third kappa shape index (κ3) is 5.64. The van der Waals surface area contributed by atoms with Crippen molar-refractivity contribution in [2.75, 3.05) is 20.2 Å². The Morgan fingerprint density at radius 1 is 1.19 bits per heavy atom. The van der Waals surface area contributed by atoms with Crippen molar-refractivity contribution >= 4 is 17.6 Å². The summed E-state index contributed by atoms with van der Waals surface area (Å²) in [6.45, 7) is 5.26. The topological polar surface area (TPSA) is 65.9 Å². The number of nitrogens with one attached hydrogen (secondary N) is 2. The number of aliphatic imine (C=N–C) groups is 1. The first-order valence-corrected chi connectivity index (χ1v) is 8.96. The predicted octanol–water partition coefficient (Wildman–Crippen LogP) is 3.31. The van der Waals surface area contributed by atoms with Crippen LogP contribution >= 0.6 is 11.6 Å². The van der Waals surface area contributed by atoms with Crippen LogP contribution in [0.5, 0.6) is 5.75 Å². The van der Waals surface area contributed by atoms with Crippen molar-refractivity contribution in [3.8, 4) is 5.75 Å².